The first-order valence-electron chi connectivity index (χ1n) is 13.7. The molecule has 0 bridgehead atoms. The van der Waals surface area contributed by atoms with Crippen molar-refractivity contribution in [1.29, 1.82) is 0 Å². The smallest absolute Gasteiger partial charge is 0.0543 e. The van der Waals surface area contributed by atoms with Crippen LogP contribution in [0.4, 0.5) is 0 Å². The second-order valence-electron chi connectivity index (χ2n) is 11.1. The molecule has 4 aromatic rings. The van der Waals surface area contributed by atoms with Gasteiger partial charge in [0.25, 0.3) is 0 Å². The maximum atomic E-state index is 5.91. The average molecular weight is 625 g/mol. The standard InChI is InChI=1S/C34H24S6/c35-28-20-8-2-3-9-21(20)29(36)24(28)14-18-16-26-32(39-18)33-27(34(26)12-6-1-7-13-34)17-19(40-33)15-25-30(37)22-10-4-5-11-23(22)31(25)38/h2-5,8-11,14-17,28,35H,1,6-7,12-13H2/b24-14-. The average Bonchev–Trinajstić information content (AvgIpc) is 3.75. The third-order valence-corrected chi connectivity index (χ3v) is 13.2. The van der Waals surface area contributed by atoms with Crippen molar-refractivity contribution in [3.8, 4) is 9.75 Å². The molecule has 4 aliphatic rings. The van der Waals surface area contributed by atoms with Gasteiger partial charge in [-0.1, -0.05) is 104 Å². The minimum atomic E-state index is 0.0306. The summed E-state index contributed by atoms with van der Waals surface area (Å²) in [6.45, 7) is 0. The minimum absolute atomic E-state index is 0.0306. The molecule has 1 unspecified atom stereocenters. The van der Waals surface area contributed by atoms with E-state index in [1.807, 2.05) is 34.8 Å². The zero-order valence-corrected chi connectivity index (χ0v) is 26.5. The van der Waals surface area contributed by atoms with Crippen molar-refractivity contribution >= 4 is 98.7 Å². The number of hydrogen-bond donors (Lipinski definition) is 1. The summed E-state index contributed by atoms with van der Waals surface area (Å²) in [6.07, 6.45) is 10.9. The molecular weight excluding hydrogens is 601 g/mol. The highest BCUT2D eigenvalue weighted by Gasteiger charge is 2.46. The molecule has 2 aromatic carbocycles. The first kappa shape index (κ1) is 25.6. The second-order valence-corrected chi connectivity index (χ2v) is 15.0. The van der Waals surface area contributed by atoms with E-state index in [-0.39, 0.29) is 10.7 Å². The van der Waals surface area contributed by atoms with E-state index in [1.165, 1.54) is 68.3 Å². The Balaban J connectivity index is 1.22. The van der Waals surface area contributed by atoms with Gasteiger partial charge in [-0.25, -0.2) is 0 Å². The first-order valence-corrected chi connectivity index (χ1v) is 17.1. The van der Waals surface area contributed by atoms with E-state index in [9.17, 15) is 0 Å². The van der Waals surface area contributed by atoms with E-state index >= 15 is 0 Å². The summed E-state index contributed by atoms with van der Waals surface area (Å²) in [5.74, 6) is 0. The molecule has 2 aromatic heterocycles. The van der Waals surface area contributed by atoms with Gasteiger partial charge in [0.1, 0.15) is 0 Å². The summed E-state index contributed by atoms with van der Waals surface area (Å²) in [5.41, 5.74) is 9.89. The molecule has 4 aliphatic carbocycles. The number of hydrogen-bond acceptors (Lipinski definition) is 6. The van der Waals surface area contributed by atoms with Crippen molar-refractivity contribution in [1.82, 2.24) is 0 Å². The maximum absolute atomic E-state index is 5.91. The number of fused-ring (bicyclic) bond motifs is 7. The normalized spacial score (nSPS) is 21.2. The van der Waals surface area contributed by atoms with Crippen LogP contribution in [0.1, 0.15) is 80.5 Å². The molecular formula is C34H24S6. The highest BCUT2D eigenvalue weighted by molar-refractivity contribution is 7.84. The topological polar surface area (TPSA) is 0 Å². The highest BCUT2D eigenvalue weighted by atomic mass is 32.1. The molecule has 1 atom stereocenters. The summed E-state index contributed by atoms with van der Waals surface area (Å²) < 4.78 is 0. The Kier molecular flexibility index (Phi) is 6.08. The second kappa shape index (κ2) is 9.48. The van der Waals surface area contributed by atoms with Crippen molar-refractivity contribution in [2.75, 3.05) is 0 Å². The number of thiophene rings is 2. The Morgan fingerprint density at radius 1 is 0.700 bits per heavy atom. The van der Waals surface area contributed by atoms with Crippen LogP contribution in [-0.2, 0) is 5.41 Å². The third-order valence-electron chi connectivity index (χ3n) is 8.99. The monoisotopic (exact) mass is 624 g/mol. The van der Waals surface area contributed by atoms with Gasteiger partial charge in [0, 0.05) is 46.5 Å². The molecule has 1 saturated carbocycles. The van der Waals surface area contributed by atoms with Gasteiger partial charge in [-0.05, 0) is 65.0 Å². The van der Waals surface area contributed by atoms with Gasteiger partial charge in [-0.15, -0.1) is 22.7 Å². The fourth-order valence-corrected chi connectivity index (χ4v) is 11.3. The van der Waals surface area contributed by atoms with Crippen LogP contribution < -0.4 is 0 Å². The van der Waals surface area contributed by atoms with Gasteiger partial charge < -0.3 is 0 Å². The molecule has 0 radical (unpaired) electrons. The van der Waals surface area contributed by atoms with Crippen molar-refractivity contribution < 1.29 is 0 Å². The molecule has 196 valence electrons. The lowest BCUT2D eigenvalue weighted by Crippen LogP contribution is -2.27. The van der Waals surface area contributed by atoms with Crippen molar-refractivity contribution in [3.63, 3.8) is 0 Å². The lowest BCUT2D eigenvalue weighted by atomic mass is 9.68. The van der Waals surface area contributed by atoms with Gasteiger partial charge in [0.2, 0.25) is 0 Å². The van der Waals surface area contributed by atoms with Crippen LogP contribution in [-0.4, -0.2) is 14.6 Å². The molecule has 8 rings (SSSR count). The molecule has 0 amide bonds. The van der Waals surface area contributed by atoms with E-state index < -0.39 is 0 Å². The van der Waals surface area contributed by atoms with Crippen LogP contribution in [0.25, 0.3) is 21.9 Å². The summed E-state index contributed by atoms with van der Waals surface area (Å²) >= 11 is 26.5. The Hall–Kier alpha value is -2.06. The molecule has 2 heterocycles. The minimum Gasteiger partial charge on any atom is -0.166 e. The lowest BCUT2D eigenvalue weighted by molar-refractivity contribution is 0.353. The number of rotatable bonds is 2. The summed E-state index contributed by atoms with van der Waals surface area (Å²) in [7, 11) is 0. The Labute approximate surface area is 264 Å². The molecule has 0 nitrogen and oxygen atoms in total. The van der Waals surface area contributed by atoms with Crippen LogP contribution in [0.5, 0.6) is 0 Å². The van der Waals surface area contributed by atoms with Crippen molar-refractivity contribution in [2.24, 2.45) is 0 Å². The quantitative estimate of drug-likeness (QED) is 0.134. The zero-order chi connectivity index (χ0) is 27.2. The number of thiol groups is 1. The maximum Gasteiger partial charge on any atom is 0.0543 e. The molecule has 0 aliphatic heterocycles. The van der Waals surface area contributed by atoms with Crippen LogP contribution >= 0.6 is 72.0 Å². The van der Waals surface area contributed by atoms with E-state index in [4.69, 9.17) is 49.3 Å². The molecule has 0 saturated heterocycles. The Bertz CT molecular complexity index is 1820. The van der Waals surface area contributed by atoms with Crippen LogP contribution in [0.3, 0.4) is 0 Å². The van der Waals surface area contributed by atoms with Crippen molar-refractivity contribution in [3.05, 3.63) is 115 Å². The fourth-order valence-electron chi connectivity index (χ4n) is 7.08. The predicted octanol–water partition coefficient (Wildman–Crippen LogP) is 10.4. The zero-order valence-electron chi connectivity index (χ0n) is 21.5. The third kappa shape index (κ3) is 3.63. The van der Waals surface area contributed by atoms with E-state index in [1.54, 1.807) is 0 Å². The van der Waals surface area contributed by atoms with Crippen molar-refractivity contribution in [2.45, 2.75) is 42.8 Å². The van der Waals surface area contributed by atoms with Gasteiger partial charge in [0.05, 0.1) is 15.0 Å². The van der Waals surface area contributed by atoms with Crippen LogP contribution in [0.2, 0.25) is 0 Å². The largest absolute Gasteiger partial charge is 0.166 e. The fraction of sp³-hybridized carbons (Fsp3) is 0.206. The molecule has 1 fully saturated rings. The molecule has 6 heteroatoms. The van der Waals surface area contributed by atoms with Gasteiger partial charge in [-0.3, -0.25) is 0 Å². The molecule has 1 spiro atoms. The summed E-state index contributed by atoms with van der Waals surface area (Å²) in [4.78, 5) is 8.10. The van der Waals surface area contributed by atoms with Gasteiger partial charge >= 0.3 is 0 Å². The van der Waals surface area contributed by atoms with Crippen LogP contribution in [0, 0.1) is 0 Å². The van der Waals surface area contributed by atoms with Gasteiger partial charge in [0.15, 0.2) is 0 Å². The number of benzene rings is 2. The number of thiocarbonyl (C=S) groups is 3. The summed E-state index contributed by atoms with van der Waals surface area (Å²) in [6, 6.07) is 21.6. The van der Waals surface area contributed by atoms with E-state index in [0.29, 0.717) is 0 Å². The molecule has 40 heavy (non-hydrogen) atoms. The highest BCUT2D eigenvalue weighted by Crippen LogP contribution is 2.61. The Morgan fingerprint density at radius 3 is 1.85 bits per heavy atom. The van der Waals surface area contributed by atoms with E-state index in [2.05, 4.69) is 60.7 Å². The van der Waals surface area contributed by atoms with Crippen LogP contribution in [0.15, 0.2) is 71.8 Å². The lowest BCUT2D eigenvalue weighted by Gasteiger charge is -2.34. The van der Waals surface area contributed by atoms with E-state index in [0.717, 1.165) is 42.4 Å². The SMILES string of the molecule is S=C1C(=Cc2cc3c(s2)-c2sc(/C=C4\C(=S)c5ccccc5C4S)cc2C32CCCCC2)C(=S)c2ccccc21. The summed E-state index contributed by atoms with van der Waals surface area (Å²) in [5, 5.41) is 0.0306. The first-order chi connectivity index (χ1) is 19.5. The Morgan fingerprint density at radius 2 is 1.25 bits per heavy atom. The predicted molar refractivity (Wildman–Crippen MR) is 187 cm³/mol. The number of allylic oxidation sites excluding steroid dienone is 1. The molecule has 0 N–H and O–H groups in total. The van der Waals surface area contributed by atoms with Gasteiger partial charge in [-0.2, -0.15) is 12.6 Å².